The predicted octanol–water partition coefficient (Wildman–Crippen LogP) is 3.70. The van der Waals surface area contributed by atoms with Crippen molar-refractivity contribution in [2.75, 3.05) is 23.8 Å². The molecule has 3 heterocycles. The lowest BCUT2D eigenvalue weighted by Crippen LogP contribution is -2.31. The number of aromatic nitrogens is 3. The topological polar surface area (TPSA) is 67.1 Å². The van der Waals surface area contributed by atoms with Crippen molar-refractivity contribution in [2.45, 2.75) is 19.9 Å². The molecular formula is C18H18ClN5O. The number of fused-ring (bicyclic) bond motifs is 1. The lowest BCUT2D eigenvalue weighted by molar-refractivity contribution is 0.379. The fraction of sp³-hybridized carbons (Fsp3) is 0.278. The van der Waals surface area contributed by atoms with Crippen molar-refractivity contribution >= 4 is 23.4 Å². The van der Waals surface area contributed by atoms with Gasteiger partial charge in [0.05, 0.1) is 6.54 Å². The van der Waals surface area contributed by atoms with Gasteiger partial charge in [-0.2, -0.15) is 4.98 Å². The Morgan fingerprint density at radius 2 is 2.00 bits per heavy atom. The van der Waals surface area contributed by atoms with E-state index in [0.717, 1.165) is 47.1 Å². The molecule has 0 radical (unpaired) electrons. The van der Waals surface area contributed by atoms with Crippen molar-refractivity contribution in [3.05, 3.63) is 52.4 Å². The molecule has 0 spiro atoms. The van der Waals surface area contributed by atoms with Gasteiger partial charge in [-0.25, -0.2) is 4.98 Å². The number of hydrogen-bond donors (Lipinski definition) is 1. The van der Waals surface area contributed by atoms with Gasteiger partial charge in [0, 0.05) is 47.9 Å². The van der Waals surface area contributed by atoms with Gasteiger partial charge in [0.1, 0.15) is 17.3 Å². The Kier molecular flexibility index (Phi) is 4.05. The first-order valence-corrected chi connectivity index (χ1v) is 8.53. The molecule has 0 atom stereocenters. The number of halogens is 1. The maximum absolute atomic E-state index is 5.99. The molecule has 0 fully saturated rings. The van der Waals surface area contributed by atoms with Crippen LogP contribution in [0, 0.1) is 6.92 Å². The summed E-state index contributed by atoms with van der Waals surface area (Å²) < 4.78 is 5.57. The third-order valence-corrected chi connectivity index (χ3v) is 4.59. The van der Waals surface area contributed by atoms with Crippen LogP contribution in [0.2, 0.25) is 5.02 Å². The van der Waals surface area contributed by atoms with Crippen LogP contribution in [-0.4, -0.2) is 28.7 Å². The molecule has 0 saturated heterocycles. The molecule has 1 aliphatic rings. The van der Waals surface area contributed by atoms with Gasteiger partial charge in [0.15, 0.2) is 0 Å². The molecule has 1 N–H and O–H groups in total. The summed E-state index contributed by atoms with van der Waals surface area (Å²) in [5, 5.41) is 8.01. The second kappa shape index (κ2) is 6.37. The Hall–Kier alpha value is -2.60. The molecule has 0 aliphatic carbocycles. The van der Waals surface area contributed by atoms with Crippen LogP contribution in [0.25, 0.3) is 11.3 Å². The number of nitrogens with one attached hydrogen (secondary N) is 1. The maximum Gasteiger partial charge on any atom is 0.224 e. The highest BCUT2D eigenvalue weighted by Gasteiger charge is 2.26. The average molecular weight is 356 g/mol. The van der Waals surface area contributed by atoms with Crippen LogP contribution in [0.4, 0.5) is 11.8 Å². The second-order valence-electron chi connectivity index (χ2n) is 6.05. The number of hydrogen-bond acceptors (Lipinski definition) is 6. The van der Waals surface area contributed by atoms with E-state index in [1.54, 1.807) is 0 Å². The molecule has 6 nitrogen and oxygen atoms in total. The lowest BCUT2D eigenvalue weighted by atomic mass is 10.0. The molecule has 25 heavy (non-hydrogen) atoms. The van der Waals surface area contributed by atoms with E-state index in [9.17, 15) is 0 Å². The molecule has 7 heteroatoms. The second-order valence-corrected chi connectivity index (χ2v) is 6.49. The van der Waals surface area contributed by atoms with Crippen LogP contribution in [0.3, 0.4) is 0 Å². The van der Waals surface area contributed by atoms with Crippen molar-refractivity contribution in [1.82, 2.24) is 15.1 Å². The van der Waals surface area contributed by atoms with Gasteiger partial charge >= 0.3 is 0 Å². The predicted molar refractivity (Wildman–Crippen MR) is 98.0 cm³/mol. The zero-order valence-corrected chi connectivity index (χ0v) is 14.8. The van der Waals surface area contributed by atoms with E-state index >= 15 is 0 Å². The molecule has 2 aromatic heterocycles. The summed E-state index contributed by atoms with van der Waals surface area (Å²) in [7, 11) is 1.82. The van der Waals surface area contributed by atoms with E-state index in [4.69, 9.17) is 16.1 Å². The minimum Gasteiger partial charge on any atom is -0.360 e. The van der Waals surface area contributed by atoms with Crippen molar-refractivity contribution in [2.24, 2.45) is 0 Å². The molecule has 0 amide bonds. The van der Waals surface area contributed by atoms with E-state index in [1.807, 2.05) is 44.3 Å². The minimum atomic E-state index is 0.629. The van der Waals surface area contributed by atoms with Crippen LogP contribution in [0.15, 0.2) is 34.9 Å². The monoisotopic (exact) mass is 355 g/mol. The highest BCUT2D eigenvalue weighted by atomic mass is 35.5. The number of aryl methyl sites for hydroxylation is 1. The quantitative estimate of drug-likeness (QED) is 0.772. The zero-order valence-electron chi connectivity index (χ0n) is 14.1. The van der Waals surface area contributed by atoms with Crippen LogP contribution in [0.5, 0.6) is 0 Å². The van der Waals surface area contributed by atoms with Gasteiger partial charge in [-0.3, -0.25) is 0 Å². The summed E-state index contributed by atoms with van der Waals surface area (Å²) >= 11 is 5.99. The van der Waals surface area contributed by atoms with E-state index < -0.39 is 0 Å². The summed E-state index contributed by atoms with van der Waals surface area (Å²) in [4.78, 5) is 11.2. The molecule has 1 aliphatic heterocycles. The summed E-state index contributed by atoms with van der Waals surface area (Å²) in [5.41, 5.74) is 3.92. The highest BCUT2D eigenvalue weighted by Crippen LogP contribution is 2.32. The molecule has 1 aromatic carbocycles. The fourth-order valence-corrected chi connectivity index (χ4v) is 3.19. The first-order chi connectivity index (χ1) is 12.1. The largest absolute Gasteiger partial charge is 0.360 e. The van der Waals surface area contributed by atoms with E-state index in [1.165, 1.54) is 0 Å². The first-order valence-electron chi connectivity index (χ1n) is 8.16. The first kappa shape index (κ1) is 15.9. The molecule has 128 valence electrons. The third kappa shape index (κ3) is 3.05. The van der Waals surface area contributed by atoms with E-state index in [-0.39, 0.29) is 0 Å². The van der Waals surface area contributed by atoms with Crippen molar-refractivity contribution < 1.29 is 4.52 Å². The SMILES string of the molecule is CNc1nc(C)cc(N2CCc3onc(-c4ccc(Cl)cc4)c3C2)n1. The standard InChI is InChI=1S/C18H18ClN5O/c1-11-9-16(22-18(20-2)21-11)24-8-7-15-14(10-24)17(23-25-15)12-3-5-13(19)6-4-12/h3-6,9H,7-8,10H2,1-2H3,(H,20,21,22). The summed E-state index contributed by atoms with van der Waals surface area (Å²) in [6.45, 7) is 3.51. The Labute approximate surface area is 150 Å². The molecule has 4 rings (SSSR count). The minimum absolute atomic E-state index is 0.629. The zero-order chi connectivity index (χ0) is 17.4. The summed E-state index contributed by atoms with van der Waals surface area (Å²) in [6.07, 6.45) is 0.799. The number of nitrogens with zero attached hydrogens (tertiary/aromatic N) is 4. The molecular weight excluding hydrogens is 338 g/mol. The van der Waals surface area contributed by atoms with Gasteiger partial charge < -0.3 is 14.7 Å². The molecule has 0 saturated carbocycles. The number of anilines is 2. The van der Waals surface area contributed by atoms with Crippen molar-refractivity contribution in [3.63, 3.8) is 0 Å². The van der Waals surface area contributed by atoms with Gasteiger partial charge in [0.2, 0.25) is 5.95 Å². The van der Waals surface area contributed by atoms with E-state index in [2.05, 4.69) is 25.3 Å². The normalized spacial score (nSPS) is 13.6. The van der Waals surface area contributed by atoms with E-state index in [0.29, 0.717) is 17.5 Å². The smallest absolute Gasteiger partial charge is 0.224 e. The Morgan fingerprint density at radius 1 is 1.20 bits per heavy atom. The maximum atomic E-state index is 5.99. The molecule has 0 unspecified atom stereocenters. The van der Waals surface area contributed by atoms with Crippen molar-refractivity contribution in [3.8, 4) is 11.3 Å². The Balaban J connectivity index is 1.68. The van der Waals surface area contributed by atoms with Gasteiger partial charge in [0.25, 0.3) is 0 Å². The average Bonchev–Trinajstić information content (AvgIpc) is 3.05. The van der Waals surface area contributed by atoms with Crippen LogP contribution >= 0.6 is 11.6 Å². The highest BCUT2D eigenvalue weighted by molar-refractivity contribution is 6.30. The van der Waals surface area contributed by atoms with Gasteiger partial charge in [-0.1, -0.05) is 28.9 Å². The lowest BCUT2D eigenvalue weighted by Gasteiger charge is -2.27. The summed E-state index contributed by atoms with van der Waals surface area (Å²) in [6, 6.07) is 9.67. The van der Waals surface area contributed by atoms with Gasteiger partial charge in [-0.05, 0) is 19.1 Å². The number of benzene rings is 1. The molecule has 3 aromatic rings. The Bertz CT molecular complexity index is 906. The van der Waals surface area contributed by atoms with Crippen LogP contribution < -0.4 is 10.2 Å². The van der Waals surface area contributed by atoms with Gasteiger partial charge in [-0.15, -0.1) is 0 Å². The number of rotatable bonds is 3. The Morgan fingerprint density at radius 3 is 2.76 bits per heavy atom. The fourth-order valence-electron chi connectivity index (χ4n) is 3.06. The van der Waals surface area contributed by atoms with Crippen LogP contribution in [0.1, 0.15) is 17.0 Å². The molecule has 0 bridgehead atoms. The third-order valence-electron chi connectivity index (χ3n) is 4.33. The van der Waals surface area contributed by atoms with Crippen LogP contribution in [-0.2, 0) is 13.0 Å². The summed E-state index contributed by atoms with van der Waals surface area (Å²) in [5.74, 6) is 2.48. The van der Waals surface area contributed by atoms with Crippen molar-refractivity contribution in [1.29, 1.82) is 0 Å².